The number of aromatic nitrogens is 1. The van der Waals surface area contributed by atoms with Crippen molar-refractivity contribution in [2.24, 2.45) is 0 Å². The smallest absolute Gasteiger partial charge is 0.318 e. The number of carboxylic acid groups (broad SMARTS) is 1. The van der Waals surface area contributed by atoms with Crippen LogP contribution in [0.2, 0.25) is 0 Å². The van der Waals surface area contributed by atoms with Gasteiger partial charge in [0.1, 0.15) is 11.4 Å². The molecule has 0 amide bonds. The van der Waals surface area contributed by atoms with Gasteiger partial charge in [-0.1, -0.05) is 0 Å². The van der Waals surface area contributed by atoms with Crippen LogP contribution in [-0.4, -0.2) is 31.0 Å². The number of pyridine rings is 1. The van der Waals surface area contributed by atoms with Crippen molar-refractivity contribution in [2.45, 2.75) is 4.90 Å². The molecule has 0 radical (unpaired) electrons. The van der Waals surface area contributed by atoms with Gasteiger partial charge in [0.25, 0.3) is 0 Å². The van der Waals surface area contributed by atoms with Crippen LogP contribution in [0.5, 0.6) is 0 Å². The van der Waals surface area contributed by atoms with Gasteiger partial charge in [0.05, 0.1) is 5.69 Å². The molecule has 0 aromatic carbocycles. The summed E-state index contributed by atoms with van der Waals surface area (Å²) in [4.78, 5) is 13.6. The molecule has 0 aliphatic carbocycles. The summed E-state index contributed by atoms with van der Waals surface area (Å²) >= 11 is 0. The summed E-state index contributed by atoms with van der Waals surface area (Å²) in [5.41, 5.74) is 5.53. The molecule has 0 spiro atoms. The molecule has 1 rings (SSSR count). The maximum Gasteiger partial charge on any atom is 0.318 e. The molecule has 0 atom stereocenters. The van der Waals surface area contributed by atoms with Gasteiger partial charge < -0.3 is 10.8 Å². The minimum atomic E-state index is -3.85. The lowest BCUT2D eigenvalue weighted by Gasteiger charge is -2.04. The molecule has 1 aromatic rings. The molecule has 0 aliphatic heterocycles. The largest absolute Gasteiger partial charge is 0.480 e. The Morgan fingerprint density at radius 2 is 2.20 bits per heavy atom. The topological polar surface area (TPSA) is 122 Å². The number of nitrogens with zero attached hydrogens (tertiary/aromatic N) is 1. The van der Waals surface area contributed by atoms with Crippen molar-refractivity contribution in [1.82, 2.24) is 9.71 Å². The Bertz CT molecular complexity index is 471. The normalized spacial score (nSPS) is 11.2. The number of nitrogen functional groups attached to an aromatic ring is 1. The number of sulfonamides is 1. The molecule has 0 saturated heterocycles. The second kappa shape index (κ2) is 4.24. The quantitative estimate of drug-likeness (QED) is 0.612. The maximum absolute atomic E-state index is 11.4. The predicted octanol–water partition coefficient (Wildman–Crippen LogP) is -0.973. The number of hydrogen-bond acceptors (Lipinski definition) is 5. The van der Waals surface area contributed by atoms with Crippen LogP contribution in [-0.2, 0) is 14.8 Å². The molecule has 1 aromatic heterocycles. The first kappa shape index (κ1) is 11.4. The van der Waals surface area contributed by atoms with Gasteiger partial charge >= 0.3 is 5.97 Å². The van der Waals surface area contributed by atoms with Gasteiger partial charge in [0, 0.05) is 12.4 Å². The maximum atomic E-state index is 11.4. The van der Waals surface area contributed by atoms with Crippen molar-refractivity contribution in [3.63, 3.8) is 0 Å². The lowest BCUT2D eigenvalue weighted by atomic mass is 10.4. The summed E-state index contributed by atoms with van der Waals surface area (Å²) in [5.74, 6) is -1.27. The average Bonchev–Trinajstić information content (AvgIpc) is 2.15. The number of anilines is 1. The molecule has 15 heavy (non-hydrogen) atoms. The van der Waals surface area contributed by atoms with E-state index in [0.717, 1.165) is 6.20 Å². The van der Waals surface area contributed by atoms with Crippen molar-refractivity contribution >= 4 is 21.7 Å². The number of rotatable bonds is 4. The van der Waals surface area contributed by atoms with E-state index in [1.165, 1.54) is 12.3 Å². The lowest BCUT2D eigenvalue weighted by molar-refractivity contribution is -0.135. The fourth-order valence-corrected chi connectivity index (χ4v) is 1.79. The summed E-state index contributed by atoms with van der Waals surface area (Å²) < 4.78 is 24.7. The van der Waals surface area contributed by atoms with E-state index in [0.29, 0.717) is 0 Å². The van der Waals surface area contributed by atoms with E-state index in [9.17, 15) is 13.2 Å². The van der Waals surface area contributed by atoms with E-state index >= 15 is 0 Å². The SMILES string of the molecule is Nc1cncc(S(=O)(=O)NCC(=O)O)c1. The van der Waals surface area contributed by atoms with E-state index in [1.54, 1.807) is 0 Å². The van der Waals surface area contributed by atoms with Crippen molar-refractivity contribution in [2.75, 3.05) is 12.3 Å². The summed E-state index contributed by atoms with van der Waals surface area (Å²) in [6.45, 7) is -0.683. The number of hydrogen-bond donors (Lipinski definition) is 3. The molecule has 0 saturated carbocycles. The summed E-state index contributed by atoms with van der Waals surface area (Å²) in [6, 6.07) is 1.19. The number of aliphatic carboxylic acids is 1. The summed E-state index contributed by atoms with van der Waals surface area (Å²) in [5, 5.41) is 8.31. The standard InChI is InChI=1S/C7H9N3O4S/c8-5-1-6(3-9-2-5)15(13,14)10-4-7(11)12/h1-3,10H,4,8H2,(H,11,12). The van der Waals surface area contributed by atoms with Gasteiger partial charge in [-0.05, 0) is 6.07 Å². The highest BCUT2D eigenvalue weighted by atomic mass is 32.2. The molecule has 4 N–H and O–H groups in total. The highest BCUT2D eigenvalue weighted by molar-refractivity contribution is 7.89. The monoisotopic (exact) mass is 231 g/mol. The summed E-state index contributed by atoms with van der Waals surface area (Å²) in [7, 11) is -3.85. The molecule has 82 valence electrons. The Morgan fingerprint density at radius 1 is 1.53 bits per heavy atom. The van der Waals surface area contributed by atoms with Crippen LogP contribution in [0.3, 0.4) is 0 Å². The Labute approximate surface area is 86.0 Å². The first-order valence-electron chi connectivity index (χ1n) is 3.84. The van der Waals surface area contributed by atoms with Crippen LogP contribution in [0.25, 0.3) is 0 Å². The summed E-state index contributed by atoms with van der Waals surface area (Å²) in [6.07, 6.45) is 2.37. The van der Waals surface area contributed by atoms with E-state index in [2.05, 4.69) is 4.98 Å². The van der Waals surface area contributed by atoms with Gasteiger partial charge in [-0.2, -0.15) is 4.72 Å². The Morgan fingerprint density at radius 3 is 2.73 bits per heavy atom. The van der Waals surface area contributed by atoms with E-state index in [4.69, 9.17) is 10.8 Å². The lowest BCUT2D eigenvalue weighted by Crippen LogP contribution is -2.29. The number of carbonyl (C=O) groups is 1. The van der Waals surface area contributed by atoms with E-state index < -0.39 is 22.5 Å². The molecule has 0 aliphatic rings. The number of nitrogens with one attached hydrogen (secondary N) is 1. The zero-order chi connectivity index (χ0) is 11.5. The Hall–Kier alpha value is -1.67. The minimum absolute atomic E-state index is 0.163. The number of nitrogens with two attached hydrogens (primary N) is 1. The first-order chi connectivity index (χ1) is 6.92. The molecule has 0 bridgehead atoms. The molecular weight excluding hydrogens is 222 g/mol. The van der Waals surface area contributed by atoms with E-state index in [-0.39, 0.29) is 10.6 Å². The van der Waals surface area contributed by atoms with Gasteiger partial charge in [0.15, 0.2) is 0 Å². The fourth-order valence-electron chi connectivity index (χ4n) is 0.823. The first-order valence-corrected chi connectivity index (χ1v) is 5.32. The van der Waals surface area contributed by atoms with Crippen molar-refractivity contribution in [1.29, 1.82) is 0 Å². The molecule has 7 nitrogen and oxygen atoms in total. The second-order valence-corrected chi connectivity index (χ2v) is 4.44. The average molecular weight is 231 g/mol. The van der Waals surface area contributed by atoms with Crippen molar-refractivity contribution in [3.05, 3.63) is 18.5 Å². The van der Waals surface area contributed by atoms with Crippen LogP contribution in [0, 0.1) is 0 Å². The third-order valence-corrected chi connectivity index (χ3v) is 2.83. The number of carboxylic acids is 1. The third-order valence-electron chi connectivity index (χ3n) is 1.46. The van der Waals surface area contributed by atoms with Gasteiger partial charge in [-0.15, -0.1) is 0 Å². The van der Waals surface area contributed by atoms with Crippen LogP contribution in [0.4, 0.5) is 5.69 Å². The molecule has 0 unspecified atom stereocenters. The Kier molecular flexibility index (Phi) is 3.22. The zero-order valence-electron chi connectivity index (χ0n) is 7.54. The Balaban J connectivity index is 2.91. The van der Waals surface area contributed by atoms with E-state index in [1.807, 2.05) is 4.72 Å². The van der Waals surface area contributed by atoms with Gasteiger partial charge in [0.2, 0.25) is 10.0 Å². The fraction of sp³-hybridized carbons (Fsp3) is 0.143. The van der Waals surface area contributed by atoms with Gasteiger partial charge in [-0.3, -0.25) is 9.78 Å². The van der Waals surface area contributed by atoms with Gasteiger partial charge in [-0.25, -0.2) is 8.42 Å². The van der Waals surface area contributed by atoms with Crippen LogP contribution in [0.1, 0.15) is 0 Å². The second-order valence-electron chi connectivity index (χ2n) is 2.67. The molecular formula is C7H9N3O4S. The highest BCUT2D eigenvalue weighted by Crippen LogP contribution is 2.09. The highest BCUT2D eigenvalue weighted by Gasteiger charge is 2.15. The third kappa shape index (κ3) is 3.18. The molecule has 8 heteroatoms. The van der Waals surface area contributed by atoms with Crippen LogP contribution < -0.4 is 10.5 Å². The minimum Gasteiger partial charge on any atom is -0.480 e. The van der Waals surface area contributed by atoms with Crippen molar-refractivity contribution in [3.8, 4) is 0 Å². The van der Waals surface area contributed by atoms with Crippen molar-refractivity contribution < 1.29 is 18.3 Å². The van der Waals surface area contributed by atoms with Crippen LogP contribution in [0.15, 0.2) is 23.4 Å². The molecule has 0 fully saturated rings. The molecule has 1 heterocycles. The van der Waals surface area contributed by atoms with Crippen LogP contribution >= 0.6 is 0 Å². The predicted molar refractivity (Wildman–Crippen MR) is 51.5 cm³/mol. The zero-order valence-corrected chi connectivity index (χ0v) is 8.36.